The summed E-state index contributed by atoms with van der Waals surface area (Å²) in [7, 11) is 1.58. The van der Waals surface area contributed by atoms with E-state index >= 15 is 9.59 Å². The van der Waals surface area contributed by atoms with Gasteiger partial charge in [0.25, 0.3) is 5.91 Å². The minimum atomic E-state index is -1.47. The third-order valence-electron chi connectivity index (χ3n) is 10.6. The highest BCUT2D eigenvalue weighted by Crippen LogP contribution is 2.59. The third-order valence-corrected chi connectivity index (χ3v) is 10.6. The average molecular weight is 678 g/mol. The number of ether oxygens (including phenoxy) is 3. The Morgan fingerprint density at radius 1 is 0.800 bits per heavy atom. The Balaban J connectivity index is 1.35. The molecule has 260 valence electrons. The van der Waals surface area contributed by atoms with Gasteiger partial charge in [0.2, 0.25) is 11.8 Å². The van der Waals surface area contributed by atoms with Crippen LogP contribution in [0.25, 0.3) is 0 Å². The number of nitrogens with zero attached hydrogens (tertiary/aromatic N) is 3. The third kappa shape index (κ3) is 5.38. The number of amides is 3. The number of rotatable bonds is 10. The molecule has 0 aromatic heterocycles. The second-order valence-electron chi connectivity index (χ2n) is 13.2. The molecule has 3 aromatic carbocycles. The van der Waals surface area contributed by atoms with E-state index in [0.717, 1.165) is 5.56 Å². The second-order valence-corrected chi connectivity index (χ2v) is 13.2. The molecule has 3 aromatic rings. The Morgan fingerprint density at radius 2 is 1.42 bits per heavy atom. The molecule has 1 N–H and O–H groups in total. The van der Waals surface area contributed by atoms with Crippen LogP contribution in [0.5, 0.6) is 11.5 Å². The predicted molar refractivity (Wildman–Crippen MR) is 189 cm³/mol. The van der Waals surface area contributed by atoms with Crippen LogP contribution in [-0.4, -0.2) is 84.4 Å². The molecule has 0 bridgehead atoms. The summed E-state index contributed by atoms with van der Waals surface area (Å²) in [5.41, 5.74) is -0.400. The summed E-state index contributed by atoms with van der Waals surface area (Å²) in [6.07, 6.45) is 8.27. The van der Waals surface area contributed by atoms with E-state index in [1.54, 1.807) is 29.0 Å². The van der Waals surface area contributed by atoms with Crippen LogP contribution in [0.1, 0.15) is 25.8 Å². The summed E-state index contributed by atoms with van der Waals surface area (Å²) in [6.45, 7) is 4.53. The van der Waals surface area contributed by atoms with E-state index in [0.29, 0.717) is 48.9 Å². The average Bonchev–Trinajstić information content (AvgIpc) is 3.44. The maximum atomic E-state index is 15.2. The molecule has 2 saturated heterocycles. The first-order valence-corrected chi connectivity index (χ1v) is 17.3. The number of likely N-dealkylation sites (tertiary alicyclic amines) is 1. The number of anilines is 2. The van der Waals surface area contributed by atoms with E-state index in [1.807, 2.05) is 105 Å². The molecular weight excluding hydrogens is 634 g/mol. The highest BCUT2D eigenvalue weighted by atomic mass is 16.5. The highest BCUT2D eigenvalue weighted by Gasteiger charge is 2.76. The second kappa shape index (κ2) is 13.4. The fourth-order valence-electron chi connectivity index (χ4n) is 8.34. The van der Waals surface area contributed by atoms with Gasteiger partial charge in [0.1, 0.15) is 23.1 Å². The fourth-order valence-corrected chi connectivity index (χ4v) is 8.34. The molecule has 6 atom stereocenters. The van der Waals surface area contributed by atoms with Gasteiger partial charge in [-0.15, -0.1) is 0 Å². The van der Waals surface area contributed by atoms with Crippen LogP contribution in [0.15, 0.2) is 103 Å². The van der Waals surface area contributed by atoms with Crippen molar-refractivity contribution in [2.24, 2.45) is 11.8 Å². The van der Waals surface area contributed by atoms with Crippen molar-refractivity contribution in [3.63, 3.8) is 0 Å². The monoisotopic (exact) mass is 677 g/mol. The first-order chi connectivity index (χ1) is 24.3. The lowest BCUT2D eigenvalue weighted by atomic mass is 9.73. The van der Waals surface area contributed by atoms with Gasteiger partial charge in [0.15, 0.2) is 0 Å². The fraction of sp³-hybridized carbons (Fsp3) is 0.375. The Morgan fingerprint density at radius 3 is 2.02 bits per heavy atom. The van der Waals surface area contributed by atoms with Crippen molar-refractivity contribution in [1.29, 1.82) is 0 Å². The first-order valence-electron chi connectivity index (χ1n) is 17.3. The zero-order valence-corrected chi connectivity index (χ0v) is 28.6. The summed E-state index contributed by atoms with van der Waals surface area (Å²) in [5, 5.41) is 10.9. The number of aliphatic hydroxyl groups is 1. The lowest BCUT2D eigenvalue weighted by Gasteiger charge is -2.41. The Hall–Kier alpha value is -4.93. The van der Waals surface area contributed by atoms with Gasteiger partial charge in [-0.2, -0.15) is 0 Å². The first kappa shape index (κ1) is 33.6. The van der Waals surface area contributed by atoms with Gasteiger partial charge in [-0.3, -0.25) is 14.4 Å². The molecule has 1 spiro atoms. The quantitative estimate of drug-likeness (QED) is 0.314. The summed E-state index contributed by atoms with van der Waals surface area (Å²) in [4.78, 5) is 50.0. The van der Waals surface area contributed by atoms with E-state index in [2.05, 4.69) is 0 Å². The lowest BCUT2D eigenvalue weighted by Crippen LogP contribution is -2.59. The van der Waals surface area contributed by atoms with Gasteiger partial charge in [-0.05, 0) is 73.9 Å². The molecule has 0 radical (unpaired) electrons. The molecule has 4 aliphatic heterocycles. The smallest absolute Gasteiger partial charge is 0.253 e. The standard InChI is InChI=1S/C40H43N3O7/c1-4-39-21-9-23-41(28-15-19-32(20-16-28)49-5-2)36(45)33(39)34-37(46)43(30(26-44)25-27-11-7-6-8-12-27)35-38(47)42(24-10-22-40(34,35)50-39)29-13-17-31(48-3)18-14-29/h6-22,30,33-35,44H,4-5,23-26H2,1-3H3/t30-,33-,34+,35?,39+,40+/m1/s1. The summed E-state index contributed by atoms with van der Waals surface area (Å²) >= 11 is 0. The molecule has 0 saturated carbocycles. The summed E-state index contributed by atoms with van der Waals surface area (Å²) in [5.74, 6) is -1.58. The zero-order chi connectivity index (χ0) is 35.0. The van der Waals surface area contributed by atoms with Crippen molar-refractivity contribution in [1.82, 2.24) is 4.90 Å². The maximum absolute atomic E-state index is 15.2. The minimum Gasteiger partial charge on any atom is -0.497 e. The van der Waals surface area contributed by atoms with E-state index in [-0.39, 0.29) is 30.9 Å². The van der Waals surface area contributed by atoms with Crippen LogP contribution in [-0.2, 0) is 25.5 Å². The van der Waals surface area contributed by atoms with Crippen molar-refractivity contribution in [3.8, 4) is 11.5 Å². The molecule has 10 nitrogen and oxygen atoms in total. The number of methoxy groups -OCH3 is 1. The van der Waals surface area contributed by atoms with Gasteiger partial charge in [0, 0.05) is 24.5 Å². The van der Waals surface area contributed by atoms with Crippen molar-refractivity contribution >= 4 is 29.1 Å². The van der Waals surface area contributed by atoms with Crippen LogP contribution in [0.4, 0.5) is 11.4 Å². The molecule has 4 aliphatic rings. The Bertz CT molecular complexity index is 1790. The summed E-state index contributed by atoms with van der Waals surface area (Å²) in [6, 6.07) is 22.2. The number of aliphatic hydroxyl groups excluding tert-OH is 1. The van der Waals surface area contributed by atoms with Crippen molar-refractivity contribution < 1.29 is 33.7 Å². The number of benzene rings is 3. The molecule has 2 fully saturated rings. The van der Waals surface area contributed by atoms with Crippen LogP contribution >= 0.6 is 0 Å². The minimum absolute atomic E-state index is 0.232. The number of hydrogen-bond donors (Lipinski definition) is 1. The Labute approximate surface area is 292 Å². The van der Waals surface area contributed by atoms with E-state index < -0.39 is 35.1 Å². The van der Waals surface area contributed by atoms with Gasteiger partial charge >= 0.3 is 0 Å². The maximum Gasteiger partial charge on any atom is 0.253 e. The molecule has 0 aliphatic carbocycles. The van der Waals surface area contributed by atoms with Crippen LogP contribution < -0.4 is 19.3 Å². The lowest BCUT2D eigenvalue weighted by molar-refractivity contribution is -0.149. The van der Waals surface area contributed by atoms with Gasteiger partial charge in [-0.25, -0.2) is 0 Å². The van der Waals surface area contributed by atoms with Gasteiger partial charge < -0.3 is 34.0 Å². The van der Waals surface area contributed by atoms with E-state index in [9.17, 15) is 9.90 Å². The van der Waals surface area contributed by atoms with Crippen molar-refractivity contribution in [3.05, 3.63) is 109 Å². The van der Waals surface area contributed by atoms with E-state index in [4.69, 9.17) is 14.2 Å². The van der Waals surface area contributed by atoms with Crippen LogP contribution in [0.3, 0.4) is 0 Å². The number of carbonyl (C=O) groups is 3. The molecular formula is C40H43N3O7. The number of hydrogen-bond acceptors (Lipinski definition) is 7. The van der Waals surface area contributed by atoms with Crippen molar-refractivity contribution in [2.75, 3.05) is 43.2 Å². The highest BCUT2D eigenvalue weighted by molar-refractivity contribution is 6.07. The predicted octanol–water partition coefficient (Wildman–Crippen LogP) is 4.56. The number of fused-ring (bicyclic) bond motifs is 2. The van der Waals surface area contributed by atoms with Crippen LogP contribution in [0.2, 0.25) is 0 Å². The van der Waals surface area contributed by atoms with Gasteiger partial charge in [-0.1, -0.05) is 61.6 Å². The normalized spacial score (nSPS) is 27.8. The largest absolute Gasteiger partial charge is 0.497 e. The van der Waals surface area contributed by atoms with Crippen LogP contribution in [0, 0.1) is 11.8 Å². The summed E-state index contributed by atoms with van der Waals surface area (Å²) < 4.78 is 18.2. The number of carbonyl (C=O) groups excluding carboxylic acids is 3. The molecule has 7 rings (SSSR count). The molecule has 1 unspecified atom stereocenters. The van der Waals surface area contributed by atoms with Gasteiger partial charge in [0.05, 0.1) is 43.8 Å². The molecule has 50 heavy (non-hydrogen) atoms. The zero-order valence-electron chi connectivity index (χ0n) is 28.6. The SMILES string of the molecule is CCOc1ccc(N2CC=C[C@]3(CC)O[C@]45C=CCN(c6ccc(OC)cc6)C(=O)C4N([C@@H](CO)Cc4ccccc4)C(=O)[C@@H]5[C@@H]3C2=O)cc1. The molecule has 10 heteroatoms. The van der Waals surface area contributed by atoms with E-state index in [1.165, 1.54) is 4.90 Å². The molecule has 4 heterocycles. The topological polar surface area (TPSA) is 109 Å². The van der Waals surface area contributed by atoms with Crippen molar-refractivity contribution in [2.45, 2.75) is 50.0 Å². The molecule has 3 amide bonds. The Kier molecular flexibility index (Phi) is 9.00.